The van der Waals surface area contributed by atoms with Crippen molar-refractivity contribution in [1.29, 1.82) is 0 Å². The van der Waals surface area contributed by atoms with Crippen LogP contribution in [0, 0.1) is 5.41 Å². The number of hydrogen-bond donors (Lipinski definition) is 0. The lowest BCUT2D eigenvalue weighted by atomic mass is 9.83. The van der Waals surface area contributed by atoms with Crippen LogP contribution in [0.3, 0.4) is 0 Å². The molecule has 0 amide bonds. The molecule has 1 aliphatic rings. The Hall–Kier alpha value is -0.0900. The van der Waals surface area contributed by atoms with E-state index in [1.165, 1.54) is 0 Å². The maximum atomic E-state index is 11.9. The summed E-state index contributed by atoms with van der Waals surface area (Å²) in [4.78, 5) is 0. The third-order valence-corrected chi connectivity index (χ3v) is 5.18. The van der Waals surface area contributed by atoms with Crippen LogP contribution in [0.4, 0.5) is 0 Å². The lowest BCUT2D eigenvalue weighted by Gasteiger charge is -2.36. The largest absolute Gasteiger partial charge is 0.214 e. The molecule has 0 aromatic heterocycles. The Balaban J connectivity index is 2.52. The van der Waals surface area contributed by atoms with Crippen molar-refractivity contribution >= 4 is 10.0 Å². The monoisotopic (exact) mass is 233 g/mol. The summed E-state index contributed by atoms with van der Waals surface area (Å²) in [5.74, 6) is 0.323. The third kappa shape index (κ3) is 3.76. The van der Waals surface area contributed by atoms with E-state index in [1.54, 1.807) is 4.31 Å². The van der Waals surface area contributed by atoms with Crippen LogP contribution in [0.5, 0.6) is 0 Å². The molecule has 0 saturated carbocycles. The SMILES string of the molecule is CCCCS(=O)(=O)N1CCC(C)(C)CC1. The van der Waals surface area contributed by atoms with Crippen molar-refractivity contribution in [1.82, 2.24) is 4.31 Å². The van der Waals surface area contributed by atoms with E-state index in [9.17, 15) is 8.42 Å². The highest BCUT2D eigenvalue weighted by molar-refractivity contribution is 7.89. The molecular weight excluding hydrogens is 210 g/mol. The van der Waals surface area contributed by atoms with Gasteiger partial charge in [-0.1, -0.05) is 27.2 Å². The van der Waals surface area contributed by atoms with Gasteiger partial charge in [0.25, 0.3) is 0 Å². The molecule has 0 bridgehead atoms. The van der Waals surface area contributed by atoms with Crippen molar-refractivity contribution in [2.24, 2.45) is 5.41 Å². The Kier molecular flexibility index (Phi) is 4.18. The predicted octanol–water partition coefficient (Wildman–Crippen LogP) is 2.24. The van der Waals surface area contributed by atoms with E-state index in [-0.39, 0.29) is 0 Å². The van der Waals surface area contributed by atoms with Crippen molar-refractivity contribution in [2.45, 2.75) is 46.5 Å². The normalized spacial score (nSPS) is 22.9. The molecule has 0 radical (unpaired) electrons. The number of sulfonamides is 1. The number of hydrogen-bond acceptors (Lipinski definition) is 2. The first-order chi connectivity index (χ1) is 6.87. The fourth-order valence-electron chi connectivity index (χ4n) is 1.83. The summed E-state index contributed by atoms with van der Waals surface area (Å²) in [5.41, 5.74) is 0.316. The Bertz CT molecular complexity index is 286. The molecule has 1 fully saturated rings. The van der Waals surface area contributed by atoms with E-state index >= 15 is 0 Å². The fourth-order valence-corrected chi connectivity index (χ4v) is 3.48. The van der Waals surface area contributed by atoms with Gasteiger partial charge in [0, 0.05) is 13.1 Å². The Labute approximate surface area is 93.9 Å². The molecule has 0 aliphatic carbocycles. The molecule has 90 valence electrons. The Morgan fingerprint density at radius 1 is 1.20 bits per heavy atom. The van der Waals surface area contributed by atoms with Crippen molar-refractivity contribution in [3.63, 3.8) is 0 Å². The summed E-state index contributed by atoms with van der Waals surface area (Å²) >= 11 is 0. The molecule has 0 atom stereocenters. The molecule has 0 aromatic rings. The zero-order valence-corrected chi connectivity index (χ0v) is 10.9. The summed E-state index contributed by atoms with van der Waals surface area (Å²) in [5, 5.41) is 0. The fraction of sp³-hybridized carbons (Fsp3) is 1.00. The van der Waals surface area contributed by atoms with Crippen LogP contribution in [-0.4, -0.2) is 31.6 Å². The van der Waals surface area contributed by atoms with Crippen LogP contribution in [0.25, 0.3) is 0 Å². The number of rotatable bonds is 4. The summed E-state index contributed by atoms with van der Waals surface area (Å²) in [7, 11) is -2.96. The highest BCUT2D eigenvalue weighted by atomic mass is 32.2. The van der Waals surface area contributed by atoms with E-state index in [0.29, 0.717) is 24.3 Å². The van der Waals surface area contributed by atoms with Gasteiger partial charge in [-0.3, -0.25) is 0 Å². The van der Waals surface area contributed by atoms with Crippen LogP contribution in [0.2, 0.25) is 0 Å². The first-order valence-electron chi connectivity index (χ1n) is 5.85. The minimum atomic E-state index is -2.96. The zero-order valence-electron chi connectivity index (χ0n) is 10.1. The molecule has 1 saturated heterocycles. The van der Waals surface area contributed by atoms with Gasteiger partial charge < -0.3 is 0 Å². The maximum Gasteiger partial charge on any atom is 0.214 e. The molecule has 0 N–H and O–H groups in total. The second-order valence-corrected chi connectivity index (χ2v) is 7.32. The molecule has 1 heterocycles. The Morgan fingerprint density at radius 2 is 1.73 bits per heavy atom. The van der Waals surface area contributed by atoms with Crippen LogP contribution in [0.15, 0.2) is 0 Å². The van der Waals surface area contributed by atoms with Gasteiger partial charge in [0.1, 0.15) is 0 Å². The highest BCUT2D eigenvalue weighted by Crippen LogP contribution is 2.30. The second kappa shape index (κ2) is 4.83. The topological polar surface area (TPSA) is 37.4 Å². The quantitative estimate of drug-likeness (QED) is 0.747. The zero-order chi connectivity index (χ0) is 11.5. The number of piperidine rings is 1. The van der Waals surface area contributed by atoms with E-state index in [2.05, 4.69) is 13.8 Å². The molecule has 4 heteroatoms. The van der Waals surface area contributed by atoms with E-state index in [4.69, 9.17) is 0 Å². The van der Waals surface area contributed by atoms with Crippen LogP contribution in [0.1, 0.15) is 46.5 Å². The first-order valence-corrected chi connectivity index (χ1v) is 7.46. The third-order valence-electron chi connectivity index (χ3n) is 3.23. The molecule has 1 aliphatic heterocycles. The lowest BCUT2D eigenvalue weighted by molar-refractivity contribution is 0.196. The smallest absolute Gasteiger partial charge is 0.212 e. The summed E-state index contributed by atoms with van der Waals surface area (Å²) in [6.07, 6.45) is 3.69. The standard InChI is InChI=1S/C11H23NO2S/c1-4-5-10-15(13,14)12-8-6-11(2,3)7-9-12/h4-10H2,1-3H3. The van der Waals surface area contributed by atoms with Gasteiger partial charge in [0.2, 0.25) is 10.0 Å². The number of unbranched alkanes of at least 4 members (excludes halogenated alkanes) is 1. The molecular formula is C11H23NO2S. The second-order valence-electron chi connectivity index (χ2n) is 5.23. The average Bonchev–Trinajstić information content (AvgIpc) is 2.14. The number of nitrogens with zero attached hydrogens (tertiary/aromatic N) is 1. The molecule has 15 heavy (non-hydrogen) atoms. The molecule has 0 spiro atoms. The average molecular weight is 233 g/mol. The first kappa shape index (κ1) is 13.0. The van der Waals surface area contributed by atoms with Crippen LogP contribution >= 0.6 is 0 Å². The minimum Gasteiger partial charge on any atom is -0.212 e. The van der Waals surface area contributed by atoms with Gasteiger partial charge in [0.05, 0.1) is 5.75 Å². The van der Waals surface area contributed by atoms with Gasteiger partial charge in [-0.25, -0.2) is 12.7 Å². The minimum absolute atomic E-state index is 0.316. The highest BCUT2D eigenvalue weighted by Gasteiger charge is 2.31. The van der Waals surface area contributed by atoms with E-state index < -0.39 is 10.0 Å². The summed E-state index contributed by atoms with van der Waals surface area (Å²) < 4.78 is 25.4. The summed E-state index contributed by atoms with van der Waals surface area (Å²) in [6, 6.07) is 0. The molecule has 0 unspecified atom stereocenters. The molecule has 0 aromatic carbocycles. The Morgan fingerprint density at radius 3 is 2.20 bits per heavy atom. The molecule has 3 nitrogen and oxygen atoms in total. The van der Waals surface area contributed by atoms with E-state index in [0.717, 1.165) is 25.7 Å². The predicted molar refractivity (Wildman–Crippen MR) is 63.3 cm³/mol. The lowest BCUT2D eigenvalue weighted by Crippen LogP contribution is -2.42. The van der Waals surface area contributed by atoms with Crippen molar-refractivity contribution in [3.05, 3.63) is 0 Å². The van der Waals surface area contributed by atoms with Crippen molar-refractivity contribution in [3.8, 4) is 0 Å². The van der Waals surface area contributed by atoms with Gasteiger partial charge in [0.15, 0.2) is 0 Å². The van der Waals surface area contributed by atoms with Gasteiger partial charge in [-0.05, 0) is 24.7 Å². The van der Waals surface area contributed by atoms with Crippen LogP contribution < -0.4 is 0 Å². The van der Waals surface area contributed by atoms with Gasteiger partial charge in [-0.2, -0.15) is 0 Å². The molecule has 1 rings (SSSR count). The van der Waals surface area contributed by atoms with Crippen molar-refractivity contribution < 1.29 is 8.42 Å². The van der Waals surface area contributed by atoms with Crippen LogP contribution in [-0.2, 0) is 10.0 Å². The van der Waals surface area contributed by atoms with Crippen molar-refractivity contribution in [2.75, 3.05) is 18.8 Å². The van der Waals surface area contributed by atoms with Gasteiger partial charge >= 0.3 is 0 Å². The maximum absolute atomic E-state index is 11.9. The summed E-state index contributed by atoms with van der Waals surface area (Å²) in [6.45, 7) is 7.86. The van der Waals surface area contributed by atoms with E-state index in [1.807, 2.05) is 6.92 Å². The van der Waals surface area contributed by atoms with Gasteiger partial charge in [-0.15, -0.1) is 0 Å².